The second-order valence-electron chi connectivity index (χ2n) is 3.33. The van der Waals surface area contributed by atoms with Gasteiger partial charge in [-0.2, -0.15) is 0 Å². The number of carboxylic acid groups (broad SMARTS) is 1. The second-order valence-corrected chi connectivity index (χ2v) is 3.33. The first-order valence-electron chi connectivity index (χ1n) is 5.17. The minimum absolute atomic E-state index is 0.399. The maximum atomic E-state index is 10.9. The summed E-state index contributed by atoms with van der Waals surface area (Å²) in [5.41, 5.74) is 0.399. The highest BCUT2D eigenvalue weighted by atomic mass is 16.6. The van der Waals surface area contributed by atoms with E-state index in [0.29, 0.717) is 17.9 Å². The van der Waals surface area contributed by atoms with Crippen molar-refractivity contribution in [2.45, 2.75) is 20.0 Å². The molecule has 0 aliphatic rings. The number of carbonyl (C=O) groups excluding carboxylic acids is 1. The number of hydrogen-bond acceptors (Lipinski definition) is 4. The molecule has 0 radical (unpaired) electrons. The van der Waals surface area contributed by atoms with Crippen LogP contribution < -0.4 is 4.74 Å². The van der Waals surface area contributed by atoms with Gasteiger partial charge < -0.3 is 14.6 Å². The van der Waals surface area contributed by atoms with Crippen LogP contribution in [-0.4, -0.2) is 23.7 Å². The highest BCUT2D eigenvalue weighted by Gasteiger charge is 2.22. The van der Waals surface area contributed by atoms with Crippen LogP contribution in [0.4, 0.5) is 0 Å². The number of rotatable bonds is 5. The average molecular weight is 238 g/mol. The number of ether oxygens (including phenoxy) is 2. The average Bonchev–Trinajstić information content (AvgIpc) is 2.27. The van der Waals surface area contributed by atoms with Crippen LogP contribution in [0.3, 0.4) is 0 Å². The maximum absolute atomic E-state index is 10.9. The lowest BCUT2D eigenvalue weighted by atomic mass is 10.1. The van der Waals surface area contributed by atoms with Gasteiger partial charge in [-0.15, -0.1) is 0 Å². The summed E-state index contributed by atoms with van der Waals surface area (Å²) in [7, 11) is 0. The van der Waals surface area contributed by atoms with Crippen molar-refractivity contribution in [2.75, 3.05) is 6.61 Å². The van der Waals surface area contributed by atoms with Gasteiger partial charge in [0.2, 0.25) is 6.10 Å². The van der Waals surface area contributed by atoms with E-state index in [0.717, 1.165) is 0 Å². The molecule has 1 N–H and O–H groups in total. The molecule has 0 heterocycles. The first-order valence-corrected chi connectivity index (χ1v) is 5.17. The fraction of sp³-hybridized carbons (Fsp3) is 0.333. The Morgan fingerprint density at radius 1 is 1.29 bits per heavy atom. The van der Waals surface area contributed by atoms with Crippen molar-refractivity contribution in [3.05, 3.63) is 29.8 Å². The number of hydrogen-bond donors (Lipinski definition) is 1. The fourth-order valence-corrected chi connectivity index (χ4v) is 1.33. The van der Waals surface area contributed by atoms with Crippen LogP contribution in [0.2, 0.25) is 0 Å². The van der Waals surface area contributed by atoms with Crippen LogP contribution in [0, 0.1) is 0 Å². The largest absolute Gasteiger partial charge is 0.494 e. The summed E-state index contributed by atoms with van der Waals surface area (Å²) in [6, 6.07) is 6.40. The lowest BCUT2D eigenvalue weighted by Crippen LogP contribution is -2.17. The zero-order chi connectivity index (χ0) is 12.8. The predicted octanol–water partition coefficient (Wildman–Crippen LogP) is 1.77. The van der Waals surface area contributed by atoms with Gasteiger partial charge in [0.05, 0.1) is 6.61 Å². The third kappa shape index (κ3) is 3.79. The van der Waals surface area contributed by atoms with Gasteiger partial charge in [0.1, 0.15) is 5.75 Å². The van der Waals surface area contributed by atoms with Crippen LogP contribution in [0.15, 0.2) is 24.3 Å². The fourth-order valence-electron chi connectivity index (χ4n) is 1.33. The van der Waals surface area contributed by atoms with Crippen LogP contribution >= 0.6 is 0 Å². The first-order chi connectivity index (χ1) is 8.04. The van der Waals surface area contributed by atoms with Gasteiger partial charge in [-0.05, 0) is 19.1 Å². The van der Waals surface area contributed by atoms with E-state index in [1.807, 2.05) is 6.92 Å². The molecule has 5 nitrogen and oxygen atoms in total. The quantitative estimate of drug-likeness (QED) is 0.791. The van der Waals surface area contributed by atoms with Crippen molar-refractivity contribution in [3.63, 3.8) is 0 Å². The van der Waals surface area contributed by atoms with Crippen molar-refractivity contribution in [3.8, 4) is 5.75 Å². The zero-order valence-electron chi connectivity index (χ0n) is 9.67. The van der Waals surface area contributed by atoms with Crippen molar-refractivity contribution >= 4 is 11.9 Å². The molecule has 0 spiro atoms. The molecule has 92 valence electrons. The Hall–Kier alpha value is -2.04. The van der Waals surface area contributed by atoms with E-state index in [9.17, 15) is 9.59 Å². The molecule has 5 heteroatoms. The summed E-state index contributed by atoms with van der Waals surface area (Å²) < 4.78 is 9.95. The lowest BCUT2D eigenvalue weighted by molar-refractivity contribution is -0.163. The standard InChI is InChI=1S/C12H14O5/c1-3-16-10-6-4-9(5-7-10)11(12(14)15)17-8(2)13/h4-7,11H,3H2,1-2H3,(H,14,15). The van der Waals surface area contributed by atoms with Gasteiger partial charge in [0.25, 0.3) is 0 Å². The van der Waals surface area contributed by atoms with Gasteiger partial charge >= 0.3 is 11.9 Å². The number of benzene rings is 1. The minimum Gasteiger partial charge on any atom is -0.494 e. The topological polar surface area (TPSA) is 72.8 Å². The Bertz CT molecular complexity index is 396. The molecule has 1 atom stereocenters. The Morgan fingerprint density at radius 2 is 1.88 bits per heavy atom. The number of esters is 1. The summed E-state index contributed by atoms with van der Waals surface area (Å²) in [5.74, 6) is -1.20. The molecule has 0 saturated carbocycles. The van der Waals surface area contributed by atoms with E-state index in [1.165, 1.54) is 6.92 Å². The van der Waals surface area contributed by atoms with Crippen LogP contribution in [-0.2, 0) is 14.3 Å². The van der Waals surface area contributed by atoms with E-state index in [1.54, 1.807) is 24.3 Å². The first kappa shape index (κ1) is 13.0. The summed E-state index contributed by atoms with van der Waals surface area (Å²) in [4.78, 5) is 21.7. The molecule has 17 heavy (non-hydrogen) atoms. The molecule has 0 bridgehead atoms. The molecule has 0 aliphatic heterocycles. The molecule has 1 aromatic carbocycles. The SMILES string of the molecule is CCOc1ccc(C(OC(C)=O)C(=O)O)cc1. The van der Waals surface area contributed by atoms with Crippen LogP contribution in [0.5, 0.6) is 5.75 Å². The molecule has 0 fully saturated rings. The Morgan fingerprint density at radius 3 is 2.29 bits per heavy atom. The normalized spacial score (nSPS) is 11.6. The highest BCUT2D eigenvalue weighted by molar-refractivity contribution is 5.78. The van der Waals surface area contributed by atoms with Crippen molar-refractivity contribution < 1.29 is 24.2 Å². The minimum atomic E-state index is -1.27. The van der Waals surface area contributed by atoms with Crippen molar-refractivity contribution in [1.29, 1.82) is 0 Å². The number of carboxylic acids is 1. The van der Waals surface area contributed by atoms with E-state index in [2.05, 4.69) is 0 Å². The lowest BCUT2D eigenvalue weighted by Gasteiger charge is -2.13. The molecule has 0 aromatic heterocycles. The van der Waals surface area contributed by atoms with E-state index in [4.69, 9.17) is 14.6 Å². The highest BCUT2D eigenvalue weighted by Crippen LogP contribution is 2.21. The molecule has 0 amide bonds. The van der Waals surface area contributed by atoms with E-state index >= 15 is 0 Å². The predicted molar refractivity (Wildman–Crippen MR) is 59.8 cm³/mol. The van der Waals surface area contributed by atoms with E-state index < -0.39 is 18.0 Å². The summed E-state index contributed by atoms with van der Waals surface area (Å²) in [6.07, 6.45) is -1.27. The van der Waals surface area contributed by atoms with Gasteiger partial charge in [0.15, 0.2) is 0 Å². The monoisotopic (exact) mass is 238 g/mol. The van der Waals surface area contributed by atoms with Gasteiger partial charge in [-0.25, -0.2) is 4.79 Å². The maximum Gasteiger partial charge on any atom is 0.349 e. The van der Waals surface area contributed by atoms with E-state index in [-0.39, 0.29) is 0 Å². The molecule has 1 unspecified atom stereocenters. The van der Waals surface area contributed by atoms with Crippen molar-refractivity contribution in [2.24, 2.45) is 0 Å². The second kappa shape index (κ2) is 5.89. The molecule has 0 aliphatic carbocycles. The summed E-state index contributed by atoms with van der Waals surface area (Å²) >= 11 is 0. The Labute approximate surface area is 99.0 Å². The molecular formula is C12H14O5. The molecule has 1 aromatic rings. The van der Waals surface area contributed by atoms with Gasteiger partial charge in [-0.3, -0.25) is 4.79 Å². The Balaban J connectivity index is 2.87. The van der Waals surface area contributed by atoms with Crippen LogP contribution in [0.25, 0.3) is 0 Å². The third-order valence-electron chi connectivity index (χ3n) is 2.00. The van der Waals surface area contributed by atoms with Crippen LogP contribution in [0.1, 0.15) is 25.5 Å². The summed E-state index contributed by atoms with van der Waals surface area (Å²) in [6.45, 7) is 3.56. The van der Waals surface area contributed by atoms with Gasteiger partial charge in [0, 0.05) is 12.5 Å². The van der Waals surface area contributed by atoms with Gasteiger partial charge in [-0.1, -0.05) is 12.1 Å². The third-order valence-corrected chi connectivity index (χ3v) is 2.00. The van der Waals surface area contributed by atoms with Crippen molar-refractivity contribution in [1.82, 2.24) is 0 Å². The number of carbonyl (C=O) groups is 2. The molecule has 0 saturated heterocycles. The summed E-state index contributed by atoms with van der Waals surface area (Å²) in [5, 5.41) is 8.94. The zero-order valence-corrected chi connectivity index (χ0v) is 9.67. The molecule has 1 rings (SSSR count). The molecular weight excluding hydrogens is 224 g/mol. The smallest absolute Gasteiger partial charge is 0.349 e. The number of aliphatic carboxylic acids is 1. The Kier molecular flexibility index (Phi) is 4.51.